The highest BCUT2D eigenvalue weighted by molar-refractivity contribution is 6.11. The number of anilines is 1. The molecule has 2 aromatic rings. The zero-order chi connectivity index (χ0) is 21.9. The molecule has 3 atom stereocenters. The fourth-order valence-corrected chi connectivity index (χ4v) is 3.45. The Labute approximate surface area is 171 Å². The molecule has 1 amide bonds. The van der Waals surface area contributed by atoms with Crippen LogP contribution in [0.3, 0.4) is 0 Å². The first kappa shape index (κ1) is 21.4. The highest BCUT2D eigenvalue weighted by Gasteiger charge is 2.50. The molecular formula is C22H19F3N2O3. The number of hydrogen-bond donors (Lipinski definition) is 1. The minimum atomic E-state index is -4.54. The number of Topliss-reactive ketones (excluding diaryl/α,β-unsaturated/α-hetero) is 1. The number of halogens is 3. The second-order valence-electron chi connectivity index (χ2n) is 6.92. The molecule has 1 aliphatic rings. The van der Waals surface area contributed by atoms with Crippen molar-refractivity contribution in [3.8, 4) is 11.8 Å². The molecule has 1 N–H and O–H groups in total. The predicted molar refractivity (Wildman–Crippen MR) is 103 cm³/mol. The van der Waals surface area contributed by atoms with Crippen molar-refractivity contribution in [1.82, 2.24) is 0 Å². The quantitative estimate of drug-likeness (QED) is 0.672. The highest BCUT2D eigenvalue weighted by Crippen LogP contribution is 2.52. The Hall–Kier alpha value is -3.34. The van der Waals surface area contributed by atoms with E-state index in [1.807, 2.05) is 0 Å². The third kappa shape index (κ3) is 4.46. The van der Waals surface area contributed by atoms with Crippen molar-refractivity contribution in [2.45, 2.75) is 25.4 Å². The topological polar surface area (TPSA) is 79.2 Å². The molecule has 1 fully saturated rings. The van der Waals surface area contributed by atoms with E-state index in [9.17, 15) is 28.0 Å². The van der Waals surface area contributed by atoms with Crippen LogP contribution in [0.2, 0.25) is 0 Å². The van der Waals surface area contributed by atoms with Crippen LogP contribution in [0.5, 0.6) is 5.75 Å². The Morgan fingerprint density at radius 2 is 1.87 bits per heavy atom. The molecule has 0 aliphatic heterocycles. The summed E-state index contributed by atoms with van der Waals surface area (Å²) in [6, 6.07) is 13.3. The highest BCUT2D eigenvalue weighted by atomic mass is 19.4. The van der Waals surface area contributed by atoms with Gasteiger partial charge in [-0.1, -0.05) is 30.3 Å². The lowest BCUT2D eigenvalue weighted by Crippen LogP contribution is -2.30. The summed E-state index contributed by atoms with van der Waals surface area (Å²) in [5.41, 5.74) is -0.469. The SMILES string of the molecule is CCOc1ccccc1NC(=O)C(C#N)C(=O)C1CC1c1ccccc1C(F)(F)F. The van der Waals surface area contributed by atoms with Gasteiger partial charge in [-0.2, -0.15) is 18.4 Å². The van der Waals surface area contributed by atoms with E-state index in [1.165, 1.54) is 18.2 Å². The summed E-state index contributed by atoms with van der Waals surface area (Å²) in [6.45, 7) is 2.13. The maximum absolute atomic E-state index is 13.2. The molecule has 1 aliphatic carbocycles. The second kappa shape index (κ2) is 8.57. The van der Waals surface area contributed by atoms with Gasteiger partial charge in [0.05, 0.1) is 23.9 Å². The van der Waals surface area contributed by atoms with E-state index in [0.717, 1.165) is 6.07 Å². The van der Waals surface area contributed by atoms with Crippen molar-refractivity contribution >= 4 is 17.4 Å². The first-order valence-corrected chi connectivity index (χ1v) is 9.40. The zero-order valence-corrected chi connectivity index (χ0v) is 16.1. The molecule has 2 aromatic carbocycles. The minimum absolute atomic E-state index is 0.0159. The zero-order valence-electron chi connectivity index (χ0n) is 16.1. The number of para-hydroxylation sites is 2. The molecule has 0 radical (unpaired) electrons. The summed E-state index contributed by atoms with van der Waals surface area (Å²) in [6.07, 6.45) is -4.37. The molecule has 0 aromatic heterocycles. The van der Waals surface area contributed by atoms with Crippen LogP contribution in [0.1, 0.15) is 30.4 Å². The summed E-state index contributed by atoms with van der Waals surface area (Å²) in [7, 11) is 0. The minimum Gasteiger partial charge on any atom is -0.492 e. The largest absolute Gasteiger partial charge is 0.492 e. The molecule has 5 nitrogen and oxygen atoms in total. The van der Waals surface area contributed by atoms with Crippen LogP contribution in [-0.2, 0) is 15.8 Å². The van der Waals surface area contributed by atoms with E-state index in [0.29, 0.717) is 18.0 Å². The monoisotopic (exact) mass is 416 g/mol. The summed E-state index contributed by atoms with van der Waals surface area (Å²) < 4.78 is 45.1. The van der Waals surface area contributed by atoms with Crippen LogP contribution < -0.4 is 10.1 Å². The molecule has 3 rings (SSSR count). The normalized spacial score (nSPS) is 18.8. The van der Waals surface area contributed by atoms with Crippen LogP contribution in [0.4, 0.5) is 18.9 Å². The van der Waals surface area contributed by atoms with Gasteiger partial charge in [-0.15, -0.1) is 0 Å². The summed E-state index contributed by atoms with van der Waals surface area (Å²) in [5.74, 6) is -4.19. The van der Waals surface area contributed by atoms with Crippen molar-refractivity contribution in [3.05, 3.63) is 59.7 Å². The molecular weight excluding hydrogens is 397 g/mol. The van der Waals surface area contributed by atoms with Gasteiger partial charge in [-0.3, -0.25) is 9.59 Å². The Morgan fingerprint density at radius 3 is 2.53 bits per heavy atom. The Bertz CT molecular complexity index is 998. The van der Waals surface area contributed by atoms with Crippen molar-refractivity contribution in [2.24, 2.45) is 11.8 Å². The first-order valence-electron chi connectivity index (χ1n) is 9.40. The lowest BCUT2D eigenvalue weighted by atomic mass is 9.96. The first-order chi connectivity index (χ1) is 14.3. The number of rotatable bonds is 7. The number of amides is 1. The number of hydrogen-bond acceptors (Lipinski definition) is 4. The molecule has 0 spiro atoms. The van der Waals surface area contributed by atoms with Crippen LogP contribution in [0.15, 0.2) is 48.5 Å². The number of nitriles is 1. The third-order valence-electron chi connectivity index (χ3n) is 4.94. The molecule has 156 valence electrons. The number of alkyl halides is 3. The van der Waals surface area contributed by atoms with Gasteiger partial charge in [0.25, 0.3) is 0 Å². The van der Waals surface area contributed by atoms with Crippen molar-refractivity contribution in [1.29, 1.82) is 5.26 Å². The molecule has 8 heteroatoms. The van der Waals surface area contributed by atoms with Crippen molar-refractivity contribution < 1.29 is 27.5 Å². The van der Waals surface area contributed by atoms with Gasteiger partial charge in [0.1, 0.15) is 5.75 Å². The lowest BCUT2D eigenvalue weighted by Gasteiger charge is -2.14. The number of ether oxygens (including phenoxy) is 1. The Morgan fingerprint density at radius 1 is 1.20 bits per heavy atom. The van der Waals surface area contributed by atoms with Crippen LogP contribution in [0.25, 0.3) is 0 Å². The van der Waals surface area contributed by atoms with Crippen molar-refractivity contribution in [2.75, 3.05) is 11.9 Å². The van der Waals surface area contributed by atoms with Gasteiger partial charge >= 0.3 is 6.18 Å². The van der Waals surface area contributed by atoms with Crippen molar-refractivity contribution in [3.63, 3.8) is 0 Å². The van der Waals surface area contributed by atoms with Crippen LogP contribution >= 0.6 is 0 Å². The molecule has 3 unspecified atom stereocenters. The molecule has 0 saturated heterocycles. The molecule has 30 heavy (non-hydrogen) atoms. The molecule has 0 bridgehead atoms. The Kier molecular flexibility index (Phi) is 6.11. The van der Waals surface area contributed by atoms with Gasteiger partial charge in [-0.25, -0.2) is 0 Å². The molecule has 0 heterocycles. The molecule has 1 saturated carbocycles. The standard InChI is InChI=1S/C22H19F3N2O3/c1-2-30-19-10-6-5-9-18(19)27-21(29)16(12-26)20(28)15-11-14(15)13-7-3-4-8-17(13)22(23,24)25/h3-10,14-16H,2,11H2,1H3,(H,27,29). The fourth-order valence-electron chi connectivity index (χ4n) is 3.45. The number of carbonyl (C=O) groups excluding carboxylic acids is 2. The van der Waals surface area contributed by atoms with Gasteiger partial charge in [-0.05, 0) is 43.0 Å². The van der Waals surface area contributed by atoms with Crippen LogP contribution in [-0.4, -0.2) is 18.3 Å². The lowest BCUT2D eigenvalue weighted by molar-refractivity contribution is -0.138. The van der Waals surface area contributed by atoms with E-state index in [4.69, 9.17) is 4.74 Å². The fraction of sp³-hybridized carbons (Fsp3) is 0.318. The van der Waals surface area contributed by atoms with E-state index < -0.39 is 41.2 Å². The number of ketones is 1. The van der Waals surface area contributed by atoms with Gasteiger partial charge in [0.2, 0.25) is 5.91 Å². The maximum Gasteiger partial charge on any atom is 0.416 e. The van der Waals surface area contributed by atoms with Gasteiger partial charge in [0.15, 0.2) is 11.7 Å². The summed E-state index contributed by atoms with van der Waals surface area (Å²) >= 11 is 0. The van der Waals surface area contributed by atoms with E-state index >= 15 is 0 Å². The number of nitrogens with one attached hydrogen (secondary N) is 1. The van der Waals surface area contributed by atoms with E-state index in [2.05, 4.69) is 5.32 Å². The predicted octanol–water partition coefficient (Wildman–Crippen LogP) is 4.56. The number of nitrogens with zero attached hydrogens (tertiary/aromatic N) is 1. The third-order valence-corrected chi connectivity index (χ3v) is 4.94. The average molecular weight is 416 g/mol. The second-order valence-corrected chi connectivity index (χ2v) is 6.92. The van der Waals surface area contributed by atoms with Gasteiger partial charge < -0.3 is 10.1 Å². The van der Waals surface area contributed by atoms with E-state index in [1.54, 1.807) is 37.3 Å². The van der Waals surface area contributed by atoms with Gasteiger partial charge in [0, 0.05) is 5.92 Å². The van der Waals surface area contributed by atoms with E-state index in [-0.39, 0.29) is 12.0 Å². The number of carbonyl (C=O) groups is 2. The maximum atomic E-state index is 13.2. The Balaban J connectivity index is 1.75. The smallest absolute Gasteiger partial charge is 0.416 e. The summed E-state index contributed by atoms with van der Waals surface area (Å²) in [5, 5.41) is 11.9. The summed E-state index contributed by atoms with van der Waals surface area (Å²) in [4.78, 5) is 25.3. The average Bonchev–Trinajstić information content (AvgIpc) is 3.50. The number of benzene rings is 2. The van der Waals surface area contributed by atoms with Crippen LogP contribution in [0, 0.1) is 23.2 Å².